The predicted molar refractivity (Wildman–Crippen MR) is 74.7 cm³/mol. The predicted octanol–water partition coefficient (Wildman–Crippen LogP) is 2.24. The van der Waals surface area contributed by atoms with Gasteiger partial charge in [-0.25, -0.2) is 0 Å². The van der Waals surface area contributed by atoms with Crippen LogP contribution in [-0.2, 0) is 9.47 Å². The molecule has 0 heterocycles. The van der Waals surface area contributed by atoms with Gasteiger partial charge in [-0.3, -0.25) is 4.90 Å². The number of ether oxygens (including phenoxy) is 2. The minimum absolute atomic E-state index is 0.0940. The maximum absolute atomic E-state index is 9.06. The van der Waals surface area contributed by atoms with Crippen LogP contribution in [0.3, 0.4) is 0 Å². The highest BCUT2D eigenvalue weighted by atomic mass is 16.5. The molecule has 4 nitrogen and oxygen atoms in total. The lowest BCUT2D eigenvalue weighted by Crippen LogP contribution is -2.34. The Labute approximate surface area is 115 Å². The molecule has 0 aliphatic rings. The largest absolute Gasteiger partial charge is 0.383 e. The van der Waals surface area contributed by atoms with Gasteiger partial charge in [-0.2, -0.15) is 5.26 Å². The summed E-state index contributed by atoms with van der Waals surface area (Å²) in [7, 11) is 3.38. The standard InChI is InChI=1S/C15H22N2O2/c1-18-12-10-17(11-13-19-2)15(8-9-16)14-6-4-3-5-7-14/h3-7,15H,8,10-13H2,1-2H3. The van der Waals surface area contributed by atoms with Gasteiger partial charge in [0.15, 0.2) is 0 Å². The SMILES string of the molecule is COCCN(CCOC)C(CC#N)c1ccccc1. The minimum Gasteiger partial charge on any atom is -0.383 e. The van der Waals surface area contributed by atoms with Crippen LogP contribution in [0.4, 0.5) is 0 Å². The quantitative estimate of drug-likeness (QED) is 0.684. The molecule has 1 rings (SSSR count). The maximum Gasteiger partial charge on any atom is 0.0641 e. The topological polar surface area (TPSA) is 45.5 Å². The Bertz CT molecular complexity index is 367. The van der Waals surface area contributed by atoms with Crippen molar-refractivity contribution in [1.29, 1.82) is 5.26 Å². The molecular weight excluding hydrogens is 240 g/mol. The van der Waals surface area contributed by atoms with Crippen molar-refractivity contribution in [2.24, 2.45) is 0 Å². The molecule has 0 spiro atoms. The van der Waals surface area contributed by atoms with Gasteiger partial charge in [-0.05, 0) is 5.56 Å². The number of nitrogens with zero attached hydrogens (tertiary/aromatic N) is 2. The van der Waals surface area contributed by atoms with E-state index in [9.17, 15) is 0 Å². The van der Waals surface area contributed by atoms with E-state index in [2.05, 4.69) is 23.1 Å². The summed E-state index contributed by atoms with van der Waals surface area (Å²) in [6.45, 7) is 2.89. The van der Waals surface area contributed by atoms with E-state index in [0.29, 0.717) is 19.6 Å². The molecule has 1 unspecified atom stereocenters. The first-order valence-corrected chi connectivity index (χ1v) is 6.47. The van der Waals surface area contributed by atoms with Gasteiger partial charge in [0.2, 0.25) is 0 Å². The molecule has 0 N–H and O–H groups in total. The van der Waals surface area contributed by atoms with Crippen molar-refractivity contribution in [3.8, 4) is 6.07 Å². The van der Waals surface area contributed by atoms with E-state index in [0.717, 1.165) is 18.7 Å². The lowest BCUT2D eigenvalue weighted by Gasteiger charge is -2.30. The molecule has 0 aliphatic carbocycles. The smallest absolute Gasteiger partial charge is 0.0641 e. The van der Waals surface area contributed by atoms with Crippen LogP contribution in [0, 0.1) is 11.3 Å². The van der Waals surface area contributed by atoms with Crippen LogP contribution >= 0.6 is 0 Å². The fraction of sp³-hybridized carbons (Fsp3) is 0.533. The Hall–Kier alpha value is -1.41. The summed E-state index contributed by atoms with van der Waals surface area (Å²) in [6.07, 6.45) is 0.470. The van der Waals surface area contributed by atoms with Gasteiger partial charge in [0, 0.05) is 33.4 Å². The van der Waals surface area contributed by atoms with E-state index in [-0.39, 0.29) is 6.04 Å². The van der Waals surface area contributed by atoms with Gasteiger partial charge in [-0.15, -0.1) is 0 Å². The zero-order chi connectivity index (χ0) is 13.9. The van der Waals surface area contributed by atoms with E-state index >= 15 is 0 Å². The van der Waals surface area contributed by atoms with Gasteiger partial charge >= 0.3 is 0 Å². The lowest BCUT2D eigenvalue weighted by molar-refractivity contribution is 0.0880. The third-order valence-electron chi connectivity index (χ3n) is 3.08. The second-order valence-corrected chi connectivity index (χ2v) is 4.31. The average Bonchev–Trinajstić information content (AvgIpc) is 2.46. The number of hydrogen-bond acceptors (Lipinski definition) is 4. The van der Waals surface area contributed by atoms with Crippen molar-refractivity contribution in [1.82, 2.24) is 4.90 Å². The summed E-state index contributed by atoms with van der Waals surface area (Å²) in [6, 6.07) is 12.5. The van der Waals surface area contributed by atoms with Crippen LogP contribution in [0.15, 0.2) is 30.3 Å². The van der Waals surface area contributed by atoms with Crippen LogP contribution in [0.5, 0.6) is 0 Å². The second kappa shape index (κ2) is 9.51. The van der Waals surface area contributed by atoms with Gasteiger partial charge in [-0.1, -0.05) is 30.3 Å². The normalized spacial score (nSPS) is 12.3. The van der Waals surface area contributed by atoms with E-state index in [1.807, 2.05) is 18.2 Å². The molecule has 0 saturated heterocycles. The first-order valence-electron chi connectivity index (χ1n) is 6.47. The highest BCUT2D eigenvalue weighted by Crippen LogP contribution is 2.23. The van der Waals surface area contributed by atoms with E-state index in [4.69, 9.17) is 14.7 Å². The molecule has 104 valence electrons. The molecule has 0 aromatic heterocycles. The lowest BCUT2D eigenvalue weighted by atomic mass is 10.0. The van der Waals surface area contributed by atoms with E-state index in [1.165, 1.54) is 0 Å². The Morgan fingerprint density at radius 3 is 2.16 bits per heavy atom. The van der Waals surface area contributed by atoms with Crippen LogP contribution in [-0.4, -0.2) is 45.4 Å². The third kappa shape index (κ3) is 5.39. The van der Waals surface area contributed by atoms with Crippen LogP contribution in [0.1, 0.15) is 18.0 Å². The van der Waals surface area contributed by atoms with Crippen LogP contribution in [0.2, 0.25) is 0 Å². The molecule has 4 heteroatoms. The molecular formula is C15H22N2O2. The van der Waals surface area contributed by atoms with Crippen molar-refractivity contribution < 1.29 is 9.47 Å². The van der Waals surface area contributed by atoms with Crippen molar-refractivity contribution >= 4 is 0 Å². The van der Waals surface area contributed by atoms with E-state index < -0.39 is 0 Å². The van der Waals surface area contributed by atoms with Crippen LogP contribution in [0.25, 0.3) is 0 Å². The van der Waals surface area contributed by atoms with Gasteiger partial charge in [0.05, 0.1) is 25.7 Å². The summed E-state index contributed by atoms with van der Waals surface area (Å²) in [4.78, 5) is 2.24. The molecule has 0 saturated carbocycles. The Balaban J connectivity index is 2.81. The molecule has 0 amide bonds. The second-order valence-electron chi connectivity index (χ2n) is 4.31. The Morgan fingerprint density at radius 1 is 1.11 bits per heavy atom. The van der Waals surface area contributed by atoms with Crippen molar-refractivity contribution in [3.05, 3.63) is 35.9 Å². The van der Waals surface area contributed by atoms with Gasteiger partial charge < -0.3 is 9.47 Å². The number of methoxy groups -OCH3 is 2. The summed E-state index contributed by atoms with van der Waals surface area (Å²) in [5, 5.41) is 9.06. The summed E-state index contributed by atoms with van der Waals surface area (Å²) in [5.41, 5.74) is 1.16. The van der Waals surface area contributed by atoms with Crippen LogP contribution < -0.4 is 0 Å². The zero-order valence-electron chi connectivity index (χ0n) is 11.7. The minimum atomic E-state index is 0.0940. The highest BCUT2D eigenvalue weighted by molar-refractivity contribution is 5.20. The van der Waals surface area contributed by atoms with E-state index in [1.54, 1.807) is 14.2 Å². The molecule has 19 heavy (non-hydrogen) atoms. The molecule has 1 aromatic rings. The number of benzene rings is 1. The molecule has 1 atom stereocenters. The monoisotopic (exact) mass is 262 g/mol. The fourth-order valence-corrected chi connectivity index (χ4v) is 2.06. The molecule has 0 fully saturated rings. The number of rotatable bonds is 9. The number of nitriles is 1. The summed E-state index contributed by atoms with van der Waals surface area (Å²) in [5.74, 6) is 0. The fourth-order valence-electron chi connectivity index (χ4n) is 2.06. The third-order valence-corrected chi connectivity index (χ3v) is 3.08. The Kier molecular flexibility index (Phi) is 7.83. The molecule has 0 radical (unpaired) electrons. The molecule has 1 aromatic carbocycles. The van der Waals surface area contributed by atoms with Gasteiger partial charge in [0.25, 0.3) is 0 Å². The first kappa shape index (κ1) is 15.6. The van der Waals surface area contributed by atoms with Gasteiger partial charge in [0.1, 0.15) is 0 Å². The first-order chi connectivity index (χ1) is 9.33. The van der Waals surface area contributed by atoms with Crippen molar-refractivity contribution in [2.75, 3.05) is 40.5 Å². The summed E-state index contributed by atoms with van der Waals surface area (Å²) < 4.78 is 10.3. The highest BCUT2D eigenvalue weighted by Gasteiger charge is 2.19. The number of hydrogen-bond donors (Lipinski definition) is 0. The Morgan fingerprint density at radius 2 is 1.68 bits per heavy atom. The average molecular weight is 262 g/mol. The van der Waals surface area contributed by atoms with Crippen molar-refractivity contribution in [3.63, 3.8) is 0 Å². The molecule has 0 aliphatic heterocycles. The zero-order valence-corrected chi connectivity index (χ0v) is 11.7. The molecule has 0 bridgehead atoms. The maximum atomic E-state index is 9.06. The van der Waals surface area contributed by atoms with Crippen molar-refractivity contribution in [2.45, 2.75) is 12.5 Å². The summed E-state index contributed by atoms with van der Waals surface area (Å²) >= 11 is 0.